The van der Waals surface area contributed by atoms with Crippen molar-refractivity contribution in [1.29, 1.82) is 0 Å². The van der Waals surface area contributed by atoms with E-state index >= 15 is 0 Å². The van der Waals surface area contributed by atoms with Gasteiger partial charge in [0.15, 0.2) is 10.7 Å². The first kappa shape index (κ1) is 20.3. The lowest BCUT2D eigenvalue weighted by molar-refractivity contribution is -0.155. The number of hydrogen-bond donors (Lipinski definition) is 4. The average Bonchev–Trinajstić information content (AvgIpc) is 3.02. The van der Waals surface area contributed by atoms with Crippen LogP contribution in [0.4, 0.5) is 9.93 Å². The quantitative estimate of drug-likeness (QED) is 0.523. The number of methoxy groups -OCH3 is 1. The second-order valence-corrected chi connectivity index (χ2v) is 6.88. The Morgan fingerprint density at radius 3 is 2.52 bits per heavy atom. The molecule has 2 amide bonds. The van der Waals surface area contributed by atoms with Gasteiger partial charge < -0.3 is 20.3 Å². The molecule has 10 heteroatoms. The van der Waals surface area contributed by atoms with Gasteiger partial charge in [-0.1, -0.05) is 30.3 Å². The van der Waals surface area contributed by atoms with E-state index in [1.807, 2.05) is 30.3 Å². The summed E-state index contributed by atoms with van der Waals surface area (Å²) in [5.41, 5.74) is -0.778. The summed E-state index contributed by atoms with van der Waals surface area (Å²) in [6.45, 7) is 0.584. The van der Waals surface area contributed by atoms with E-state index in [4.69, 9.17) is 9.84 Å². The van der Waals surface area contributed by atoms with Crippen molar-refractivity contribution in [3.8, 4) is 11.3 Å². The SMILES string of the molecule is COC(=O)Cc1sc(NC(=O)NCC(C)(O)C(=O)O)nc1-c1ccccc1. The Balaban J connectivity index is 2.16. The lowest BCUT2D eigenvalue weighted by atomic mass is 10.1. The molecule has 1 atom stereocenters. The first-order valence-corrected chi connectivity index (χ1v) is 8.67. The normalized spacial score (nSPS) is 12.7. The number of aliphatic carboxylic acids is 1. The van der Waals surface area contributed by atoms with E-state index in [0.717, 1.165) is 23.8 Å². The van der Waals surface area contributed by atoms with Crippen LogP contribution in [0, 0.1) is 0 Å². The fraction of sp³-hybridized carbons (Fsp3) is 0.294. The maximum Gasteiger partial charge on any atom is 0.337 e. The minimum atomic E-state index is -2.09. The molecule has 4 N–H and O–H groups in total. The molecule has 0 saturated carbocycles. The highest BCUT2D eigenvalue weighted by Crippen LogP contribution is 2.31. The zero-order chi connectivity index (χ0) is 20.0. The van der Waals surface area contributed by atoms with Gasteiger partial charge in [0.05, 0.1) is 25.8 Å². The largest absolute Gasteiger partial charge is 0.479 e. The molecular weight excluding hydrogens is 374 g/mol. The molecule has 0 aliphatic heterocycles. The van der Waals surface area contributed by atoms with E-state index < -0.39 is 30.1 Å². The zero-order valence-electron chi connectivity index (χ0n) is 14.7. The number of ether oxygens (including phenoxy) is 1. The topological polar surface area (TPSA) is 138 Å². The molecule has 27 heavy (non-hydrogen) atoms. The van der Waals surface area contributed by atoms with Crippen LogP contribution in [0.25, 0.3) is 11.3 Å². The van der Waals surface area contributed by atoms with E-state index in [2.05, 4.69) is 15.6 Å². The first-order valence-electron chi connectivity index (χ1n) is 7.85. The number of rotatable bonds is 7. The highest BCUT2D eigenvalue weighted by atomic mass is 32.1. The van der Waals surface area contributed by atoms with E-state index in [1.165, 1.54) is 7.11 Å². The van der Waals surface area contributed by atoms with Gasteiger partial charge in [-0.2, -0.15) is 0 Å². The van der Waals surface area contributed by atoms with Crippen LogP contribution < -0.4 is 10.6 Å². The summed E-state index contributed by atoms with van der Waals surface area (Å²) in [7, 11) is 1.28. The van der Waals surface area contributed by atoms with Crippen LogP contribution in [0.15, 0.2) is 30.3 Å². The Morgan fingerprint density at radius 2 is 1.93 bits per heavy atom. The number of carbonyl (C=O) groups excluding carboxylic acids is 2. The summed E-state index contributed by atoms with van der Waals surface area (Å²) in [5.74, 6) is -1.90. The summed E-state index contributed by atoms with van der Waals surface area (Å²) < 4.78 is 4.69. The standard InChI is InChI=1S/C17H19N3O6S/c1-17(25,14(22)23)9-18-15(24)20-16-19-13(10-6-4-3-5-7-10)11(27-16)8-12(21)26-2/h3-7,25H,8-9H2,1-2H3,(H,22,23)(H2,18,19,20,24). The van der Waals surface area contributed by atoms with Gasteiger partial charge in [-0.25, -0.2) is 14.6 Å². The fourth-order valence-corrected chi connectivity index (χ4v) is 2.98. The highest BCUT2D eigenvalue weighted by molar-refractivity contribution is 7.16. The third-order valence-electron chi connectivity index (χ3n) is 3.55. The first-order chi connectivity index (χ1) is 12.7. The maximum atomic E-state index is 12.0. The van der Waals surface area contributed by atoms with Gasteiger partial charge in [-0.3, -0.25) is 10.1 Å². The summed E-state index contributed by atoms with van der Waals surface area (Å²) in [5, 5.41) is 23.4. The van der Waals surface area contributed by atoms with Crippen molar-refractivity contribution < 1.29 is 29.3 Å². The number of nitrogens with zero attached hydrogens (tertiary/aromatic N) is 1. The van der Waals surface area contributed by atoms with Gasteiger partial charge in [0.1, 0.15) is 0 Å². The van der Waals surface area contributed by atoms with E-state index in [-0.39, 0.29) is 11.6 Å². The molecule has 0 saturated heterocycles. The number of nitrogens with one attached hydrogen (secondary N) is 2. The maximum absolute atomic E-state index is 12.0. The van der Waals surface area contributed by atoms with Crippen LogP contribution in [0.3, 0.4) is 0 Å². The third-order valence-corrected chi connectivity index (χ3v) is 4.52. The van der Waals surface area contributed by atoms with Crippen LogP contribution in [0.5, 0.6) is 0 Å². The lowest BCUT2D eigenvalue weighted by Crippen LogP contribution is -2.47. The van der Waals surface area contributed by atoms with E-state index in [0.29, 0.717) is 10.6 Å². The highest BCUT2D eigenvalue weighted by Gasteiger charge is 2.30. The van der Waals surface area contributed by atoms with E-state index in [9.17, 15) is 19.5 Å². The minimum absolute atomic E-state index is 0.00454. The summed E-state index contributed by atoms with van der Waals surface area (Å²) >= 11 is 1.10. The number of carbonyl (C=O) groups is 3. The molecule has 1 aromatic heterocycles. The molecule has 1 unspecified atom stereocenters. The Kier molecular flexibility index (Phi) is 6.48. The van der Waals surface area contributed by atoms with Crippen LogP contribution in [0.2, 0.25) is 0 Å². The molecule has 0 bridgehead atoms. The van der Waals surface area contributed by atoms with Crippen LogP contribution in [-0.4, -0.2) is 52.4 Å². The molecule has 1 aromatic carbocycles. The molecule has 144 valence electrons. The molecule has 0 radical (unpaired) electrons. The van der Waals surface area contributed by atoms with Gasteiger partial charge in [0.25, 0.3) is 0 Å². The van der Waals surface area contributed by atoms with Gasteiger partial charge in [-0.05, 0) is 6.92 Å². The van der Waals surface area contributed by atoms with Gasteiger partial charge >= 0.3 is 18.0 Å². The number of anilines is 1. The molecule has 1 heterocycles. The number of thiazole rings is 1. The second kappa shape index (κ2) is 8.60. The lowest BCUT2D eigenvalue weighted by Gasteiger charge is -2.18. The van der Waals surface area contributed by atoms with Gasteiger partial charge in [-0.15, -0.1) is 11.3 Å². The number of benzene rings is 1. The predicted octanol–water partition coefficient (Wildman–Crippen LogP) is 1.48. The average molecular weight is 393 g/mol. The monoisotopic (exact) mass is 393 g/mol. The van der Waals surface area contributed by atoms with E-state index in [1.54, 1.807) is 0 Å². The molecule has 9 nitrogen and oxygen atoms in total. The predicted molar refractivity (Wildman–Crippen MR) is 98.6 cm³/mol. The zero-order valence-corrected chi connectivity index (χ0v) is 15.5. The van der Waals surface area contributed by atoms with Gasteiger partial charge in [0.2, 0.25) is 0 Å². The Morgan fingerprint density at radius 1 is 1.26 bits per heavy atom. The van der Waals surface area contributed by atoms with Crippen molar-refractivity contribution >= 4 is 34.4 Å². The number of aliphatic hydroxyl groups is 1. The molecule has 2 rings (SSSR count). The molecule has 0 fully saturated rings. The Hall–Kier alpha value is -2.98. The van der Waals surface area contributed by atoms with Crippen molar-refractivity contribution in [1.82, 2.24) is 10.3 Å². The second-order valence-electron chi connectivity index (χ2n) is 5.80. The molecule has 0 spiro atoms. The molecule has 0 aliphatic rings. The number of hydrogen-bond acceptors (Lipinski definition) is 7. The van der Waals surface area contributed by atoms with Crippen molar-refractivity contribution in [2.45, 2.75) is 18.9 Å². The van der Waals surface area contributed by atoms with Crippen molar-refractivity contribution in [2.24, 2.45) is 0 Å². The Bertz CT molecular complexity index is 834. The summed E-state index contributed by atoms with van der Waals surface area (Å²) in [4.78, 5) is 39.4. The number of carboxylic acid groups (broad SMARTS) is 1. The summed E-state index contributed by atoms with van der Waals surface area (Å²) in [6, 6.07) is 8.41. The molecule has 0 aliphatic carbocycles. The number of amides is 2. The van der Waals surface area contributed by atoms with Crippen molar-refractivity contribution in [2.75, 3.05) is 19.0 Å². The van der Waals surface area contributed by atoms with Crippen LogP contribution >= 0.6 is 11.3 Å². The number of aromatic nitrogens is 1. The fourth-order valence-electron chi connectivity index (χ4n) is 2.02. The molecular formula is C17H19N3O6S. The number of urea groups is 1. The summed E-state index contributed by atoms with van der Waals surface area (Å²) in [6.07, 6.45) is -0.00454. The third kappa shape index (κ3) is 5.50. The van der Waals surface area contributed by atoms with Crippen molar-refractivity contribution in [3.63, 3.8) is 0 Å². The smallest absolute Gasteiger partial charge is 0.337 e. The molecule has 2 aromatic rings. The number of esters is 1. The Labute approximate surface area is 159 Å². The van der Waals surface area contributed by atoms with Crippen LogP contribution in [-0.2, 0) is 20.7 Å². The van der Waals surface area contributed by atoms with Crippen molar-refractivity contribution in [3.05, 3.63) is 35.2 Å². The minimum Gasteiger partial charge on any atom is -0.479 e. The van der Waals surface area contributed by atoms with Crippen LogP contribution in [0.1, 0.15) is 11.8 Å². The number of carboxylic acids is 1. The van der Waals surface area contributed by atoms with Gasteiger partial charge in [0, 0.05) is 10.4 Å².